The molecule has 216 valence electrons. The Bertz CT molecular complexity index is 1330. The van der Waals surface area contributed by atoms with Crippen LogP contribution in [0.5, 0.6) is 11.5 Å². The van der Waals surface area contributed by atoms with Gasteiger partial charge in [-0.15, -0.1) is 0 Å². The van der Waals surface area contributed by atoms with E-state index < -0.39 is 0 Å². The number of piperidine rings is 1. The first-order valence-corrected chi connectivity index (χ1v) is 14.3. The maximum atomic E-state index is 13.3. The Morgan fingerprint density at radius 1 is 0.854 bits per heavy atom. The van der Waals surface area contributed by atoms with E-state index in [1.54, 1.807) is 14.2 Å². The van der Waals surface area contributed by atoms with Crippen LogP contribution in [-0.4, -0.2) is 55.0 Å². The van der Waals surface area contributed by atoms with Crippen molar-refractivity contribution in [3.05, 3.63) is 94.8 Å². The second-order valence-electron chi connectivity index (χ2n) is 10.9. The first kappa shape index (κ1) is 28.6. The zero-order valence-corrected chi connectivity index (χ0v) is 23.8. The highest BCUT2D eigenvalue weighted by molar-refractivity contribution is 5.94. The smallest absolute Gasteiger partial charge is 0.251 e. The minimum absolute atomic E-state index is 0.147. The second-order valence-corrected chi connectivity index (χ2v) is 10.9. The van der Waals surface area contributed by atoms with Crippen molar-refractivity contribution in [2.45, 2.75) is 51.4 Å². The van der Waals surface area contributed by atoms with Crippen molar-refractivity contribution in [1.82, 2.24) is 15.1 Å². The molecule has 3 aromatic carbocycles. The lowest BCUT2D eigenvalue weighted by molar-refractivity contribution is -0.136. The maximum Gasteiger partial charge on any atom is 0.251 e. The van der Waals surface area contributed by atoms with Crippen LogP contribution in [0.1, 0.15) is 52.7 Å². The molecule has 5 rings (SSSR count). The molecule has 2 amide bonds. The summed E-state index contributed by atoms with van der Waals surface area (Å²) in [7, 11) is 3.17. The van der Waals surface area contributed by atoms with Gasteiger partial charge in [0, 0.05) is 50.2 Å². The highest BCUT2D eigenvalue weighted by Crippen LogP contribution is 2.34. The van der Waals surface area contributed by atoms with Gasteiger partial charge in [0.1, 0.15) is 5.82 Å². The van der Waals surface area contributed by atoms with Gasteiger partial charge >= 0.3 is 0 Å². The summed E-state index contributed by atoms with van der Waals surface area (Å²) in [5.74, 6) is 1.28. The molecule has 1 aliphatic heterocycles. The number of benzene rings is 3. The summed E-state index contributed by atoms with van der Waals surface area (Å²) in [6.45, 7) is 3.50. The van der Waals surface area contributed by atoms with Crippen LogP contribution < -0.4 is 14.8 Å². The van der Waals surface area contributed by atoms with Crippen LogP contribution in [0, 0.1) is 11.7 Å². The number of hydrogen-bond donors (Lipinski definition) is 1. The number of carbonyl (C=O) groups is 2. The number of likely N-dealkylation sites (tertiary alicyclic amines) is 1. The van der Waals surface area contributed by atoms with Crippen molar-refractivity contribution in [3.8, 4) is 11.5 Å². The molecule has 2 aliphatic rings. The number of ether oxygens (including phenoxy) is 2. The third-order valence-electron chi connectivity index (χ3n) is 8.00. The first-order valence-electron chi connectivity index (χ1n) is 14.3. The Balaban J connectivity index is 1.16. The average Bonchev–Trinajstić information content (AvgIpc) is 3.86. The molecule has 1 N–H and O–H groups in total. The van der Waals surface area contributed by atoms with Gasteiger partial charge in [-0.1, -0.05) is 30.3 Å². The van der Waals surface area contributed by atoms with Crippen LogP contribution in [0.15, 0.2) is 66.7 Å². The van der Waals surface area contributed by atoms with Crippen molar-refractivity contribution < 1.29 is 23.5 Å². The molecule has 0 spiro atoms. The third kappa shape index (κ3) is 7.44. The Morgan fingerprint density at radius 3 is 2.12 bits per heavy atom. The first-order chi connectivity index (χ1) is 19.9. The Hall–Kier alpha value is -3.91. The number of nitrogens with zero attached hydrogens (tertiary/aromatic N) is 2. The molecule has 41 heavy (non-hydrogen) atoms. The van der Waals surface area contributed by atoms with Gasteiger partial charge in [0.15, 0.2) is 11.5 Å². The summed E-state index contributed by atoms with van der Waals surface area (Å²) in [5, 5.41) is 2.96. The van der Waals surface area contributed by atoms with Crippen molar-refractivity contribution in [2.24, 2.45) is 5.92 Å². The summed E-state index contributed by atoms with van der Waals surface area (Å²) in [5.41, 5.74) is 3.60. The number of halogens is 1. The van der Waals surface area contributed by atoms with Gasteiger partial charge in [-0.2, -0.15) is 0 Å². The molecule has 7 nitrogen and oxygen atoms in total. The summed E-state index contributed by atoms with van der Waals surface area (Å²) in [6, 6.07) is 20.0. The molecule has 0 atom stereocenters. The molecule has 0 radical (unpaired) electrons. The fourth-order valence-electron chi connectivity index (χ4n) is 5.42. The molecule has 0 aromatic heterocycles. The van der Waals surface area contributed by atoms with Crippen LogP contribution in [0.4, 0.5) is 4.39 Å². The molecular formula is C33H38FN3O4. The van der Waals surface area contributed by atoms with Gasteiger partial charge in [-0.25, -0.2) is 4.39 Å². The predicted molar refractivity (Wildman–Crippen MR) is 155 cm³/mol. The molecule has 3 aromatic rings. The molecule has 1 heterocycles. The number of carbonyl (C=O) groups excluding carboxylic acids is 2. The molecule has 1 aliphatic carbocycles. The molecule has 1 saturated carbocycles. The topological polar surface area (TPSA) is 71.1 Å². The van der Waals surface area contributed by atoms with E-state index in [9.17, 15) is 14.0 Å². The molecule has 0 unspecified atom stereocenters. The third-order valence-corrected chi connectivity index (χ3v) is 8.00. The SMILES string of the molecule is COc1ccc(CNC(=O)c2ccc(CN(C(=O)C3CC3)C3CCN(Cc4ccc(F)cc4)CC3)cc2)cc1OC. The van der Waals surface area contributed by atoms with Gasteiger partial charge < -0.3 is 19.7 Å². The predicted octanol–water partition coefficient (Wildman–Crippen LogP) is 5.18. The van der Waals surface area contributed by atoms with Crippen LogP contribution in [0.25, 0.3) is 0 Å². The number of nitrogens with one attached hydrogen (secondary N) is 1. The van der Waals surface area contributed by atoms with E-state index in [0.29, 0.717) is 30.2 Å². The second kappa shape index (κ2) is 13.2. The molecular weight excluding hydrogens is 521 g/mol. The van der Waals surface area contributed by atoms with Gasteiger partial charge in [-0.3, -0.25) is 14.5 Å². The lowest BCUT2D eigenvalue weighted by Crippen LogP contribution is -2.47. The average molecular weight is 560 g/mol. The quantitative estimate of drug-likeness (QED) is 0.351. The summed E-state index contributed by atoms with van der Waals surface area (Å²) in [4.78, 5) is 30.5. The van der Waals surface area contributed by atoms with Gasteiger partial charge in [0.25, 0.3) is 5.91 Å². The molecule has 1 saturated heterocycles. The van der Waals surface area contributed by atoms with Crippen LogP contribution in [-0.2, 0) is 24.4 Å². The Morgan fingerprint density at radius 2 is 1.49 bits per heavy atom. The van der Waals surface area contributed by atoms with E-state index >= 15 is 0 Å². The van der Waals surface area contributed by atoms with Crippen molar-refractivity contribution in [1.29, 1.82) is 0 Å². The minimum atomic E-state index is -0.218. The number of amides is 2. The summed E-state index contributed by atoms with van der Waals surface area (Å²) < 4.78 is 23.9. The molecule has 2 fully saturated rings. The molecule has 8 heteroatoms. The number of hydrogen-bond acceptors (Lipinski definition) is 5. The maximum absolute atomic E-state index is 13.3. The van der Waals surface area contributed by atoms with Crippen LogP contribution in [0.2, 0.25) is 0 Å². The molecule has 0 bridgehead atoms. The van der Waals surface area contributed by atoms with Gasteiger partial charge in [0.05, 0.1) is 14.2 Å². The normalized spacial score (nSPS) is 15.8. The Kier molecular flexibility index (Phi) is 9.19. The monoisotopic (exact) mass is 559 g/mol. The summed E-state index contributed by atoms with van der Waals surface area (Å²) in [6.07, 6.45) is 3.77. The fraction of sp³-hybridized carbons (Fsp3) is 0.394. The van der Waals surface area contributed by atoms with E-state index in [1.807, 2.05) is 54.6 Å². The number of rotatable bonds is 11. The number of methoxy groups -OCH3 is 2. The van der Waals surface area contributed by atoms with Crippen molar-refractivity contribution >= 4 is 11.8 Å². The summed E-state index contributed by atoms with van der Waals surface area (Å²) >= 11 is 0. The lowest BCUT2D eigenvalue weighted by atomic mass is 10.0. The van der Waals surface area contributed by atoms with Crippen molar-refractivity contribution in [3.63, 3.8) is 0 Å². The fourth-order valence-corrected chi connectivity index (χ4v) is 5.42. The van der Waals surface area contributed by atoms with E-state index in [2.05, 4.69) is 15.1 Å². The standard InChI is InChI=1S/C33H38FN3O4/c1-40-30-14-7-25(19-31(30)41-2)20-35-32(38)26-8-3-24(4-9-26)22-37(33(39)27-10-11-27)29-15-17-36(18-16-29)21-23-5-12-28(34)13-6-23/h3-9,12-14,19,27,29H,10-11,15-18,20-22H2,1-2H3,(H,35,38). The largest absolute Gasteiger partial charge is 0.493 e. The van der Waals surface area contributed by atoms with E-state index in [4.69, 9.17) is 9.47 Å². The van der Waals surface area contributed by atoms with Crippen LogP contribution in [0.3, 0.4) is 0 Å². The van der Waals surface area contributed by atoms with E-state index in [0.717, 1.165) is 62.0 Å². The minimum Gasteiger partial charge on any atom is -0.493 e. The highest BCUT2D eigenvalue weighted by Gasteiger charge is 2.37. The van der Waals surface area contributed by atoms with Gasteiger partial charge in [-0.05, 0) is 78.8 Å². The van der Waals surface area contributed by atoms with Crippen LogP contribution >= 0.6 is 0 Å². The van der Waals surface area contributed by atoms with E-state index in [-0.39, 0.29) is 29.6 Å². The zero-order chi connectivity index (χ0) is 28.8. The lowest BCUT2D eigenvalue weighted by Gasteiger charge is -2.39. The Labute approximate surface area is 241 Å². The van der Waals surface area contributed by atoms with Gasteiger partial charge in [0.2, 0.25) is 5.91 Å². The zero-order valence-electron chi connectivity index (χ0n) is 23.8. The highest BCUT2D eigenvalue weighted by atomic mass is 19.1. The van der Waals surface area contributed by atoms with E-state index in [1.165, 1.54) is 12.1 Å². The van der Waals surface area contributed by atoms with Crippen molar-refractivity contribution in [2.75, 3.05) is 27.3 Å².